The normalized spacial score (nSPS) is 16.3. The highest BCUT2D eigenvalue weighted by atomic mass is 32.2. The molecule has 13 nitrogen and oxygen atoms in total. The van der Waals surface area contributed by atoms with Crippen molar-refractivity contribution in [3.05, 3.63) is 106 Å². The number of rotatable bonds is 12. The lowest BCUT2D eigenvalue weighted by atomic mass is 9.66. The van der Waals surface area contributed by atoms with Crippen molar-refractivity contribution in [3.8, 4) is 5.75 Å². The van der Waals surface area contributed by atoms with Gasteiger partial charge in [0.05, 0.1) is 18.6 Å². The van der Waals surface area contributed by atoms with Crippen molar-refractivity contribution in [2.75, 3.05) is 6.54 Å². The maximum absolute atomic E-state index is 14.6. The molecular formula is C43H53N7O6S. The van der Waals surface area contributed by atoms with Crippen LogP contribution < -0.4 is 10.1 Å². The number of carbonyl (C=O) groups excluding carboxylic acids is 2. The molecular weight excluding hydrogens is 743 g/mol. The minimum absolute atomic E-state index is 0.0378. The van der Waals surface area contributed by atoms with E-state index in [9.17, 15) is 18.0 Å². The molecule has 0 unspecified atom stereocenters. The summed E-state index contributed by atoms with van der Waals surface area (Å²) in [6.45, 7) is 18.3. The molecule has 2 aromatic heterocycles. The van der Waals surface area contributed by atoms with Crippen molar-refractivity contribution in [1.29, 1.82) is 0 Å². The predicted molar refractivity (Wildman–Crippen MR) is 217 cm³/mol. The number of hydrogen-bond acceptors (Lipinski definition) is 10. The van der Waals surface area contributed by atoms with Crippen molar-refractivity contribution in [2.24, 2.45) is 5.41 Å². The van der Waals surface area contributed by atoms with Crippen LogP contribution in [0.2, 0.25) is 0 Å². The standard InChI is InChI=1S/C43H53N7O6S/c1-10-32-26-49(57(53,54)36-15-13-12-14-35(36)55-32)25-31-21-30(17-16-27(31)3)39(33-18-19-34-40(28(33)4)47-48-50(34)11-2)43(8,9)37(51)20-29-22-44-38(45-23-29)24-46-41(52)56-42(5,6)7/h12-19,21-23,32,39H,10-11,20,24-26H2,1-9H3,(H,46,52)/t32-,39+/m1/s1. The Balaban J connectivity index is 1.35. The number of amides is 1. The fourth-order valence-corrected chi connectivity index (χ4v) is 8.92. The summed E-state index contributed by atoms with van der Waals surface area (Å²) in [5.74, 6) is 0.259. The lowest BCUT2D eigenvalue weighted by molar-refractivity contribution is -0.127. The van der Waals surface area contributed by atoms with E-state index in [1.165, 1.54) is 4.31 Å². The number of nitrogens with one attached hydrogen (secondary N) is 1. The number of ketones is 1. The van der Waals surface area contributed by atoms with Crippen LogP contribution >= 0.6 is 0 Å². The first-order valence-electron chi connectivity index (χ1n) is 19.4. The molecule has 0 radical (unpaired) electrons. The SMILES string of the molecule is CC[C@@H]1CN(Cc2cc([C@@H](c3ccc4c(nnn4CC)c3C)C(C)(C)C(=O)Cc3cnc(CNC(=O)OC(C)(C)C)nc3)ccc2C)S(=O)(=O)c2ccccc2O1. The molecule has 5 aromatic rings. The van der Waals surface area contributed by atoms with Crippen LogP contribution in [-0.4, -0.2) is 67.8 Å². The lowest BCUT2D eigenvalue weighted by Gasteiger charge is -2.35. The largest absolute Gasteiger partial charge is 0.488 e. The van der Waals surface area contributed by atoms with Gasteiger partial charge < -0.3 is 14.8 Å². The number of alkyl carbamates (subject to hydrolysis) is 1. The van der Waals surface area contributed by atoms with E-state index in [1.54, 1.807) is 57.4 Å². The summed E-state index contributed by atoms with van der Waals surface area (Å²) in [7, 11) is -3.89. The van der Waals surface area contributed by atoms with Gasteiger partial charge in [-0.05, 0) is 99.5 Å². The fraction of sp³-hybridized carbons (Fsp3) is 0.442. The number of ether oxygens (including phenoxy) is 2. The molecule has 0 saturated carbocycles. The summed E-state index contributed by atoms with van der Waals surface area (Å²) in [6.07, 6.45) is 3.04. The molecule has 0 aliphatic carbocycles. The molecule has 2 atom stereocenters. The molecule has 57 heavy (non-hydrogen) atoms. The highest BCUT2D eigenvalue weighted by Gasteiger charge is 2.40. The minimum atomic E-state index is -3.89. The number of benzene rings is 3. The van der Waals surface area contributed by atoms with Gasteiger partial charge in [-0.1, -0.05) is 62.4 Å². The third-order valence-electron chi connectivity index (χ3n) is 10.6. The Kier molecular flexibility index (Phi) is 11.9. The first-order valence-corrected chi connectivity index (χ1v) is 20.8. The molecule has 3 aromatic carbocycles. The molecule has 0 bridgehead atoms. The molecule has 0 fully saturated rings. The zero-order chi connectivity index (χ0) is 41.3. The molecule has 6 rings (SSSR count). The van der Waals surface area contributed by atoms with E-state index in [4.69, 9.17) is 9.47 Å². The van der Waals surface area contributed by atoms with Gasteiger partial charge in [-0.25, -0.2) is 27.9 Å². The number of sulfonamides is 1. The van der Waals surface area contributed by atoms with Crippen LogP contribution in [0.15, 0.2) is 71.9 Å². The average molecular weight is 796 g/mol. The Hall–Kier alpha value is -5.21. The second-order valence-electron chi connectivity index (χ2n) is 16.2. The summed E-state index contributed by atoms with van der Waals surface area (Å²) < 4.78 is 43.1. The van der Waals surface area contributed by atoms with E-state index < -0.39 is 33.1 Å². The van der Waals surface area contributed by atoms with Crippen molar-refractivity contribution in [2.45, 2.75) is 117 Å². The van der Waals surface area contributed by atoms with Crippen LogP contribution in [0, 0.1) is 19.3 Å². The van der Waals surface area contributed by atoms with Crippen molar-refractivity contribution in [3.63, 3.8) is 0 Å². The van der Waals surface area contributed by atoms with Gasteiger partial charge in [0.1, 0.15) is 39.5 Å². The third-order valence-corrected chi connectivity index (χ3v) is 12.5. The Labute approximate surface area is 335 Å². The first kappa shape index (κ1) is 41.4. The monoisotopic (exact) mass is 795 g/mol. The smallest absolute Gasteiger partial charge is 0.408 e. The fourth-order valence-electron chi connectivity index (χ4n) is 7.35. The number of para-hydroxylation sites is 1. The number of aromatic nitrogens is 5. The summed E-state index contributed by atoms with van der Waals surface area (Å²) >= 11 is 0. The molecule has 14 heteroatoms. The number of carbonyl (C=O) groups is 2. The molecule has 0 spiro atoms. The third kappa shape index (κ3) is 8.86. The Morgan fingerprint density at radius 1 is 1.00 bits per heavy atom. The maximum Gasteiger partial charge on any atom is 0.408 e. The quantitative estimate of drug-likeness (QED) is 0.137. The molecule has 3 heterocycles. The van der Waals surface area contributed by atoms with Crippen LogP contribution in [0.3, 0.4) is 0 Å². The Morgan fingerprint density at radius 3 is 2.40 bits per heavy atom. The molecule has 1 N–H and O–H groups in total. The van der Waals surface area contributed by atoms with Crippen molar-refractivity contribution in [1.82, 2.24) is 34.6 Å². The van der Waals surface area contributed by atoms with E-state index in [1.807, 2.05) is 70.5 Å². The Morgan fingerprint density at radius 2 is 1.72 bits per heavy atom. The average Bonchev–Trinajstić information content (AvgIpc) is 3.55. The number of Topliss-reactive ketones (excluding diaryl/α,β-unsaturated/α-hetero) is 1. The van der Waals surface area contributed by atoms with Crippen LogP contribution in [0.1, 0.15) is 100 Å². The van der Waals surface area contributed by atoms with Crippen molar-refractivity contribution >= 4 is 32.9 Å². The summed E-state index contributed by atoms with van der Waals surface area (Å²) in [6, 6.07) is 16.9. The van der Waals surface area contributed by atoms with Crippen LogP contribution in [0.5, 0.6) is 5.75 Å². The van der Waals surface area contributed by atoms with Crippen molar-refractivity contribution < 1.29 is 27.5 Å². The minimum Gasteiger partial charge on any atom is -0.488 e. The molecule has 302 valence electrons. The van der Waals surface area contributed by atoms with Crippen LogP contribution in [0.25, 0.3) is 11.0 Å². The molecule has 1 aliphatic rings. The van der Waals surface area contributed by atoms with Gasteiger partial charge >= 0.3 is 6.09 Å². The van der Waals surface area contributed by atoms with Crippen LogP contribution in [-0.2, 0) is 45.6 Å². The molecule has 1 amide bonds. The van der Waals surface area contributed by atoms with Gasteiger partial charge in [-0.15, -0.1) is 5.10 Å². The molecule has 0 saturated heterocycles. The highest BCUT2D eigenvalue weighted by Crippen LogP contribution is 2.45. The van der Waals surface area contributed by atoms with E-state index in [-0.39, 0.29) is 42.8 Å². The summed E-state index contributed by atoms with van der Waals surface area (Å²) in [4.78, 5) is 35.7. The predicted octanol–water partition coefficient (Wildman–Crippen LogP) is 7.21. The Bertz CT molecular complexity index is 2390. The zero-order valence-electron chi connectivity index (χ0n) is 34.3. The van der Waals surface area contributed by atoms with E-state index in [0.29, 0.717) is 30.1 Å². The summed E-state index contributed by atoms with van der Waals surface area (Å²) in [5, 5.41) is 11.6. The van der Waals surface area contributed by atoms with Gasteiger partial charge in [-0.3, -0.25) is 4.79 Å². The van der Waals surface area contributed by atoms with E-state index in [2.05, 4.69) is 31.7 Å². The molecule has 1 aliphatic heterocycles. The second-order valence-corrected chi connectivity index (χ2v) is 18.2. The van der Waals surface area contributed by atoms with Gasteiger partial charge in [-0.2, -0.15) is 4.31 Å². The number of hydrogen-bond donors (Lipinski definition) is 1. The van der Waals surface area contributed by atoms with Gasteiger partial charge in [0, 0.05) is 43.2 Å². The first-order chi connectivity index (χ1) is 26.9. The number of fused-ring (bicyclic) bond motifs is 2. The number of nitrogens with zero attached hydrogens (tertiary/aromatic N) is 6. The van der Waals surface area contributed by atoms with Gasteiger partial charge in [0.25, 0.3) is 0 Å². The summed E-state index contributed by atoms with van der Waals surface area (Å²) in [5.41, 5.74) is 5.17. The lowest BCUT2D eigenvalue weighted by Crippen LogP contribution is -2.37. The maximum atomic E-state index is 14.6. The highest BCUT2D eigenvalue weighted by molar-refractivity contribution is 7.89. The topological polar surface area (TPSA) is 158 Å². The van der Waals surface area contributed by atoms with Gasteiger partial charge in [0.15, 0.2) is 0 Å². The second kappa shape index (κ2) is 16.3. The van der Waals surface area contributed by atoms with Crippen LogP contribution in [0.4, 0.5) is 4.79 Å². The van der Waals surface area contributed by atoms with E-state index in [0.717, 1.165) is 38.9 Å². The zero-order valence-corrected chi connectivity index (χ0v) is 35.1. The van der Waals surface area contributed by atoms with E-state index >= 15 is 0 Å². The number of aryl methyl sites for hydroxylation is 3. The van der Waals surface area contributed by atoms with Gasteiger partial charge in [0.2, 0.25) is 10.0 Å².